The molecule has 9 aromatic rings. The zero-order valence-corrected chi connectivity index (χ0v) is 33.5. The average Bonchev–Trinajstić information content (AvgIpc) is 3.46. The van der Waals surface area contributed by atoms with Crippen LogP contribution < -0.4 is 0 Å². The summed E-state index contributed by atoms with van der Waals surface area (Å²) in [6.07, 6.45) is 0. The minimum Gasteiger partial charge on any atom is -0.208 e. The second kappa shape index (κ2) is 12.8. The Bertz CT molecular complexity index is 3110. The van der Waals surface area contributed by atoms with Gasteiger partial charge in [0.25, 0.3) is 0 Å². The lowest BCUT2D eigenvalue weighted by molar-refractivity contribution is 0.653. The first-order valence-electron chi connectivity index (χ1n) is 20.3. The lowest BCUT2D eigenvalue weighted by Gasteiger charge is -2.43. The van der Waals surface area contributed by atoms with Crippen LogP contribution in [0.3, 0.4) is 0 Å². The average molecular weight is 772 g/mol. The summed E-state index contributed by atoms with van der Waals surface area (Å²) in [5.74, 6) is 1.94. The first kappa shape index (κ1) is 34.2. The molecule has 0 saturated heterocycles. The van der Waals surface area contributed by atoms with Gasteiger partial charge < -0.3 is 0 Å². The lowest BCUT2D eigenvalue weighted by Crippen LogP contribution is -2.35. The maximum Gasteiger partial charge on any atom is 0.164 e. The van der Waals surface area contributed by atoms with Gasteiger partial charge >= 0.3 is 0 Å². The number of nitrogens with zero attached hydrogens (tertiary/aromatic N) is 3. The molecule has 0 radical (unpaired) electrons. The van der Waals surface area contributed by atoms with Crippen LogP contribution in [0.5, 0.6) is 0 Å². The smallest absolute Gasteiger partial charge is 0.164 e. The molecule has 3 nitrogen and oxygen atoms in total. The lowest BCUT2D eigenvalue weighted by atomic mass is 9.62. The number of rotatable bonds is 3. The third kappa shape index (κ3) is 4.93. The van der Waals surface area contributed by atoms with E-state index in [2.05, 4.69) is 166 Å². The van der Waals surface area contributed by atoms with Gasteiger partial charge in [-0.1, -0.05) is 189 Å². The number of benzene rings is 8. The molecule has 2 aliphatic carbocycles. The van der Waals surface area contributed by atoms with Crippen molar-refractivity contribution in [3.8, 4) is 67.5 Å². The zero-order valence-electron chi connectivity index (χ0n) is 32.6. The van der Waals surface area contributed by atoms with E-state index in [-0.39, 0.29) is 5.41 Å². The van der Waals surface area contributed by atoms with E-state index in [1.165, 1.54) is 76.6 Å². The molecular formula is C55H37N3S. The zero-order chi connectivity index (χ0) is 39.3. The summed E-state index contributed by atoms with van der Waals surface area (Å²) in [6.45, 7) is 4.76. The van der Waals surface area contributed by atoms with Crippen LogP contribution >= 0.6 is 11.8 Å². The Hall–Kier alpha value is -6.88. The van der Waals surface area contributed by atoms with Crippen molar-refractivity contribution in [1.82, 2.24) is 15.0 Å². The van der Waals surface area contributed by atoms with Crippen molar-refractivity contribution in [2.75, 3.05) is 0 Å². The van der Waals surface area contributed by atoms with Crippen molar-refractivity contribution in [2.45, 2.75) is 34.5 Å². The Labute approximate surface area is 348 Å². The van der Waals surface area contributed by atoms with Gasteiger partial charge in [0.15, 0.2) is 17.5 Å². The fourth-order valence-electron chi connectivity index (χ4n) is 10.1. The van der Waals surface area contributed by atoms with Gasteiger partial charge in [-0.3, -0.25) is 0 Å². The minimum absolute atomic E-state index is 0.125. The molecule has 59 heavy (non-hydrogen) atoms. The van der Waals surface area contributed by atoms with Crippen molar-refractivity contribution in [2.24, 2.45) is 0 Å². The molecule has 8 aromatic carbocycles. The third-order valence-corrected chi connectivity index (χ3v) is 14.0. The van der Waals surface area contributed by atoms with E-state index >= 15 is 0 Å². The minimum atomic E-state index is -0.688. The van der Waals surface area contributed by atoms with Gasteiger partial charge in [0.1, 0.15) is 0 Å². The van der Waals surface area contributed by atoms with Crippen molar-refractivity contribution in [3.05, 3.63) is 221 Å². The Morgan fingerprint density at radius 3 is 1.46 bits per heavy atom. The van der Waals surface area contributed by atoms with Gasteiger partial charge in [-0.2, -0.15) is 0 Å². The first-order chi connectivity index (χ1) is 29.0. The molecule has 1 spiro atoms. The summed E-state index contributed by atoms with van der Waals surface area (Å²) in [6, 6.07) is 68.6. The molecule has 4 heteroatoms. The highest BCUT2D eigenvalue weighted by molar-refractivity contribution is 7.99. The van der Waals surface area contributed by atoms with E-state index in [9.17, 15) is 0 Å². The van der Waals surface area contributed by atoms with E-state index in [4.69, 9.17) is 15.0 Å². The van der Waals surface area contributed by atoms with Crippen LogP contribution in [0.4, 0.5) is 0 Å². The maximum atomic E-state index is 5.24. The van der Waals surface area contributed by atoms with Gasteiger partial charge in [0.05, 0.1) is 5.41 Å². The summed E-state index contributed by atoms with van der Waals surface area (Å²) in [5, 5.41) is 0. The Balaban J connectivity index is 1.22. The summed E-state index contributed by atoms with van der Waals surface area (Å²) < 4.78 is 0. The molecule has 1 aliphatic heterocycles. The van der Waals surface area contributed by atoms with Crippen molar-refractivity contribution >= 4 is 11.8 Å². The molecule has 2 heterocycles. The SMILES string of the molecule is CC1(C)c2ccccc2-c2cc3c(cc21)Sc1ccccc1C31c2ccccc2-c2ccccc2-c2ccc(-c3nc(-c4ccccc4)nc(-c4ccccc4)n3)cc21. The van der Waals surface area contributed by atoms with Crippen LogP contribution in [-0.4, -0.2) is 15.0 Å². The molecule has 278 valence electrons. The molecular weight excluding hydrogens is 735 g/mol. The second-order valence-corrected chi connectivity index (χ2v) is 17.4. The Kier molecular flexibility index (Phi) is 7.42. The van der Waals surface area contributed by atoms with Crippen LogP contribution in [0.2, 0.25) is 0 Å². The quantitative estimate of drug-likeness (QED) is 0.179. The third-order valence-electron chi connectivity index (χ3n) is 12.8. The van der Waals surface area contributed by atoms with Crippen molar-refractivity contribution in [1.29, 1.82) is 0 Å². The Morgan fingerprint density at radius 2 is 0.814 bits per heavy atom. The van der Waals surface area contributed by atoms with Gasteiger partial charge in [0, 0.05) is 31.9 Å². The van der Waals surface area contributed by atoms with Gasteiger partial charge in [-0.15, -0.1) is 0 Å². The fourth-order valence-corrected chi connectivity index (χ4v) is 11.3. The monoisotopic (exact) mass is 771 g/mol. The summed E-state index contributed by atoms with van der Waals surface area (Å²) in [7, 11) is 0. The first-order valence-corrected chi connectivity index (χ1v) is 21.1. The Morgan fingerprint density at radius 1 is 0.322 bits per heavy atom. The summed E-state index contributed by atoms with van der Waals surface area (Å²) in [4.78, 5) is 18.1. The van der Waals surface area contributed by atoms with Crippen LogP contribution in [0.15, 0.2) is 198 Å². The number of hydrogen-bond donors (Lipinski definition) is 0. The van der Waals surface area contributed by atoms with E-state index in [0.29, 0.717) is 17.5 Å². The van der Waals surface area contributed by atoms with E-state index in [0.717, 1.165) is 16.7 Å². The van der Waals surface area contributed by atoms with Crippen molar-refractivity contribution < 1.29 is 0 Å². The largest absolute Gasteiger partial charge is 0.208 e. The summed E-state index contributed by atoms with van der Waals surface area (Å²) >= 11 is 1.90. The van der Waals surface area contributed by atoms with Crippen LogP contribution in [-0.2, 0) is 10.8 Å². The highest BCUT2D eigenvalue weighted by Crippen LogP contribution is 2.63. The molecule has 0 N–H and O–H groups in total. The van der Waals surface area contributed by atoms with Gasteiger partial charge in [-0.25, -0.2) is 15.0 Å². The molecule has 1 unspecified atom stereocenters. The predicted molar refractivity (Wildman–Crippen MR) is 241 cm³/mol. The van der Waals surface area contributed by atoms with Gasteiger partial charge in [0.2, 0.25) is 0 Å². The van der Waals surface area contributed by atoms with Crippen LogP contribution in [0.1, 0.15) is 47.2 Å². The topological polar surface area (TPSA) is 38.7 Å². The normalized spacial score (nSPS) is 16.1. The van der Waals surface area contributed by atoms with Crippen LogP contribution in [0, 0.1) is 0 Å². The molecule has 0 fully saturated rings. The molecule has 0 saturated carbocycles. The highest BCUT2D eigenvalue weighted by atomic mass is 32.2. The van der Waals surface area contributed by atoms with Crippen molar-refractivity contribution in [3.63, 3.8) is 0 Å². The molecule has 12 rings (SSSR count). The second-order valence-electron chi connectivity index (χ2n) is 16.3. The maximum absolute atomic E-state index is 5.24. The molecule has 0 amide bonds. The molecule has 1 aromatic heterocycles. The summed E-state index contributed by atoms with van der Waals surface area (Å²) in [5.41, 5.74) is 17.4. The van der Waals surface area contributed by atoms with E-state index < -0.39 is 5.41 Å². The number of aromatic nitrogens is 3. The molecule has 3 aliphatic rings. The highest BCUT2D eigenvalue weighted by Gasteiger charge is 2.50. The molecule has 0 bridgehead atoms. The fraction of sp³-hybridized carbons (Fsp3) is 0.0727. The number of hydrogen-bond acceptors (Lipinski definition) is 4. The standard InChI is InChI=1S/C55H37N3S/c1-54(2)43-25-13-11-24-40(43)42-32-48-50(33-46(42)54)59-49-28-16-15-27-45(49)55(48)44-26-14-12-23-39(44)37-21-9-10-22-38(37)41-30-29-36(31-47(41)55)53-57-51(34-17-5-3-6-18-34)56-52(58-53)35-19-7-4-8-20-35/h3-33H,1-2H3. The van der Waals surface area contributed by atoms with E-state index in [1.807, 2.05) is 48.2 Å². The van der Waals surface area contributed by atoms with Gasteiger partial charge in [-0.05, 0) is 91.0 Å². The number of fused-ring (bicyclic) bond motifs is 14. The predicted octanol–water partition coefficient (Wildman–Crippen LogP) is 13.7. The molecule has 1 atom stereocenters. The van der Waals surface area contributed by atoms with Crippen LogP contribution in [0.25, 0.3) is 67.5 Å². The van der Waals surface area contributed by atoms with E-state index in [1.54, 1.807) is 0 Å².